The zero-order valence-electron chi connectivity index (χ0n) is 24.6. The molecule has 12 heteroatoms. The number of rotatable bonds is 8. The minimum absolute atomic E-state index is 0.156. The van der Waals surface area contributed by atoms with Gasteiger partial charge in [0.15, 0.2) is 23.0 Å². The van der Waals surface area contributed by atoms with Gasteiger partial charge in [-0.3, -0.25) is 4.79 Å². The number of nitrogens with two attached hydrogens (primary N) is 1. The highest BCUT2D eigenvalue weighted by Gasteiger charge is 2.34. The number of likely N-dealkylation sites (tertiary alicyclic amines) is 1. The van der Waals surface area contributed by atoms with Gasteiger partial charge < -0.3 is 25.2 Å². The van der Waals surface area contributed by atoms with Crippen LogP contribution in [-0.4, -0.2) is 69.0 Å². The van der Waals surface area contributed by atoms with Crippen LogP contribution < -0.4 is 15.8 Å². The molecule has 2 aliphatic rings. The average Bonchev–Trinajstić information content (AvgIpc) is 3.79. The summed E-state index contributed by atoms with van der Waals surface area (Å²) in [5.41, 5.74) is 10.9. The standard InChI is InChI=1S/C31H35N9O3/c1-4-18-10-11-23(33)22(16-32)27(18)20-8-5-9-21-28(38-43-29(20)21)30-35-25(40-14-12-24(37-40)31(41)34-2)15-26(36-30)42-17-19-7-6-13-39(19)3/h10-12,14-15,19-20H,4-9,13,17,33H2,1-3H3,(H,34,41). The van der Waals surface area contributed by atoms with Gasteiger partial charge in [0.05, 0.1) is 5.56 Å². The molecule has 2 atom stereocenters. The summed E-state index contributed by atoms with van der Waals surface area (Å²) in [6.07, 6.45) is 7.05. The van der Waals surface area contributed by atoms with Crippen LogP contribution in [0.1, 0.15) is 77.0 Å². The van der Waals surface area contributed by atoms with E-state index in [0.29, 0.717) is 52.9 Å². The molecule has 222 valence electrons. The number of amides is 1. The number of carbonyl (C=O) groups is 1. The van der Waals surface area contributed by atoms with Crippen molar-refractivity contribution in [3.63, 3.8) is 0 Å². The van der Waals surface area contributed by atoms with Crippen molar-refractivity contribution >= 4 is 11.6 Å². The molecule has 1 aliphatic heterocycles. The summed E-state index contributed by atoms with van der Waals surface area (Å²) in [6.45, 7) is 3.59. The van der Waals surface area contributed by atoms with E-state index in [1.54, 1.807) is 31.4 Å². The predicted molar refractivity (Wildman–Crippen MR) is 159 cm³/mol. The molecule has 43 heavy (non-hydrogen) atoms. The highest BCUT2D eigenvalue weighted by molar-refractivity contribution is 5.91. The Kier molecular flexibility index (Phi) is 7.82. The highest BCUT2D eigenvalue weighted by Crippen LogP contribution is 2.43. The van der Waals surface area contributed by atoms with E-state index in [0.717, 1.165) is 61.8 Å². The van der Waals surface area contributed by atoms with Crippen LogP contribution in [0.5, 0.6) is 5.88 Å². The molecule has 6 rings (SSSR count). The van der Waals surface area contributed by atoms with Crippen molar-refractivity contribution in [3.05, 3.63) is 64.2 Å². The Balaban J connectivity index is 1.42. The van der Waals surface area contributed by atoms with E-state index in [-0.39, 0.29) is 17.5 Å². The van der Waals surface area contributed by atoms with Gasteiger partial charge in [-0.15, -0.1) is 0 Å². The summed E-state index contributed by atoms with van der Waals surface area (Å²) in [7, 11) is 3.66. The number of nitriles is 1. The first kappa shape index (κ1) is 28.4. The Morgan fingerprint density at radius 1 is 1.26 bits per heavy atom. The molecule has 1 aromatic carbocycles. The number of aryl methyl sites for hydroxylation is 1. The number of hydrogen-bond acceptors (Lipinski definition) is 10. The van der Waals surface area contributed by atoms with Gasteiger partial charge in [-0.2, -0.15) is 15.3 Å². The van der Waals surface area contributed by atoms with Crippen molar-refractivity contribution in [2.24, 2.45) is 0 Å². The number of carbonyl (C=O) groups excluding carboxylic acids is 1. The van der Waals surface area contributed by atoms with Gasteiger partial charge in [-0.1, -0.05) is 18.1 Å². The van der Waals surface area contributed by atoms with Crippen molar-refractivity contribution in [1.29, 1.82) is 5.26 Å². The maximum atomic E-state index is 12.2. The van der Waals surface area contributed by atoms with Gasteiger partial charge >= 0.3 is 0 Å². The Morgan fingerprint density at radius 2 is 2.12 bits per heavy atom. The van der Waals surface area contributed by atoms with E-state index < -0.39 is 0 Å². The van der Waals surface area contributed by atoms with Gasteiger partial charge in [0.2, 0.25) is 5.88 Å². The summed E-state index contributed by atoms with van der Waals surface area (Å²) in [5, 5.41) is 21.5. The van der Waals surface area contributed by atoms with Crippen LogP contribution in [0.25, 0.3) is 17.3 Å². The number of benzene rings is 1. The Morgan fingerprint density at radius 3 is 2.86 bits per heavy atom. The monoisotopic (exact) mass is 581 g/mol. The van der Waals surface area contributed by atoms with E-state index in [2.05, 4.69) is 40.5 Å². The molecule has 3 N–H and O–H groups in total. The van der Waals surface area contributed by atoms with Gasteiger partial charge in [-0.25, -0.2) is 9.67 Å². The van der Waals surface area contributed by atoms with Crippen LogP contribution >= 0.6 is 0 Å². The molecule has 12 nitrogen and oxygen atoms in total. The average molecular weight is 582 g/mol. The molecule has 1 amide bonds. The third kappa shape index (κ3) is 5.32. The molecule has 1 saturated heterocycles. The molecule has 4 heterocycles. The van der Waals surface area contributed by atoms with E-state index in [1.165, 1.54) is 4.68 Å². The maximum Gasteiger partial charge on any atom is 0.271 e. The molecular weight excluding hydrogens is 546 g/mol. The normalized spacial score (nSPS) is 18.3. The second-order valence-electron chi connectivity index (χ2n) is 11.1. The third-order valence-corrected chi connectivity index (χ3v) is 8.54. The van der Waals surface area contributed by atoms with Crippen LogP contribution in [0.4, 0.5) is 5.69 Å². The van der Waals surface area contributed by atoms with Gasteiger partial charge in [0.25, 0.3) is 5.91 Å². The van der Waals surface area contributed by atoms with E-state index >= 15 is 0 Å². The van der Waals surface area contributed by atoms with E-state index in [4.69, 9.17) is 25.0 Å². The molecular formula is C31H35N9O3. The van der Waals surface area contributed by atoms with Gasteiger partial charge in [0, 0.05) is 42.5 Å². The smallest absolute Gasteiger partial charge is 0.271 e. The van der Waals surface area contributed by atoms with Crippen LogP contribution in [0.3, 0.4) is 0 Å². The fourth-order valence-corrected chi connectivity index (χ4v) is 6.20. The maximum absolute atomic E-state index is 12.2. The molecule has 0 saturated carbocycles. The number of ether oxygens (including phenoxy) is 1. The summed E-state index contributed by atoms with van der Waals surface area (Å²) in [6, 6.07) is 9.75. The Labute approximate surface area is 249 Å². The number of nitrogens with zero attached hydrogens (tertiary/aromatic N) is 7. The number of likely N-dealkylation sites (N-methyl/N-ethyl adjacent to an activating group) is 1. The number of anilines is 1. The lowest BCUT2D eigenvalue weighted by molar-refractivity contribution is 0.0957. The number of fused-ring (bicyclic) bond motifs is 1. The molecule has 3 aromatic heterocycles. The minimum Gasteiger partial charge on any atom is -0.476 e. The highest BCUT2D eigenvalue weighted by atomic mass is 16.5. The summed E-state index contributed by atoms with van der Waals surface area (Å²) >= 11 is 0. The second-order valence-corrected chi connectivity index (χ2v) is 11.1. The van der Waals surface area contributed by atoms with E-state index in [9.17, 15) is 10.1 Å². The number of nitrogen functional groups attached to an aromatic ring is 1. The van der Waals surface area contributed by atoms with E-state index in [1.807, 2.05) is 6.07 Å². The largest absolute Gasteiger partial charge is 0.476 e. The summed E-state index contributed by atoms with van der Waals surface area (Å²) < 4.78 is 13.8. The van der Waals surface area contributed by atoms with Crippen LogP contribution in [0.15, 0.2) is 35.0 Å². The first-order valence-electron chi connectivity index (χ1n) is 14.7. The first-order valence-corrected chi connectivity index (χ1v) is 14.7. The Bertz CT molecular complexity index is 1700. The summed E-state index contributed by atoms with van der Waals surface area (Å²) in [5.74, 6) is 1.43. The van der Waals surface area contributed by atoms with Crippen LogP contribution in [0, 0.1) is 11.3 Å². The van der Waals surface area contributed by atoms with Crippen molar-refractivity contribution in [2.75, 3.05) is 33.0 Å². The SMILES string of the molecule is CCc1ccc(N)c(C#N)c1C1CCCc2c(-c3nc(OCC4CCCN4C)cc(-n4ccc(C(=O)NC)n4)n3)noc21. The van der Waals surface area contributed by atoms with Crippen molar-refractivity contribution < 1.29 is 14.1 Å². The lowest BCUT2D eigenvalue weighted by Gasteiger charge is -2.24. The molecule has 0 radical (unpaired) electrons. The molecule has 2 unspecified atom stereocenters. The number of hydrogen-bond donors (Lipinski definition) is 2. The van der Waals surface area contributed by atoms with Gasteiger partial charge in [-0.05, 0) is 75.4 Å². The zero-order chi connectivity index (χ0) is 30.1. The number of nitrogens with one attached hydrogen (secondary N) is 1. The third-order valence-electron chi connectivity index (χ3n) is 8.54. The zero-order valence-corrected chi connectivity index (χ0v) is 24.6. The lowest BCUT2D eigenvalue weighted by atomic mass is 9.78. The molecule has 0 spiro atoms. The van der Waals surface area contributed by atoms with Crippen molar-refractivity contribution in [2.45, 2.75) is 57.4 Å². The fourth-order valence-electron chi connectivity index (χ4n) is 6.20. The minimum atomic E-state index is -0.296. The first-order chi connectivity index (χ1) is 20.9. The molecule has 0 bridgehead atoms. The van der Waals surface area contributed by atoms with Gasteiger partial charge in [0.1, 0.15) is 18.4 Å². The quantitative estimate of drug-likeness (QED) is 0.294. The topological polar surface area (TPSA) is 161 Å². The molecule has 1 fully saturated rings. The van der Waals surface area contributed by atoms with Crippen molar-refractivity contribution in [1.82, 2.24) is 35.1 Å². The second kappa shape index (κ2) is 11.9. The fraction of sp³-hybridized carbons (Fsp3) is 0.419. The number of aromatic nitrogens is 5. The lowest BCUT2D eigenvalue weighted by Crippen LogP contribution is -2.30. The molecule has 4 aromatic rings. The Hall–Kier alpha value is -4.76. The predicted octanol–water partition coefficient (Wildman–Crippen LogP) is 3.63. The van der Waals surface area contributed by atoms with Crippen LogP contribution in [0.2, 0.25) is 0 Å². The summed E-state index contributed by atoms with van der Waals surface area (Å²) in [4.78, 5) is 24.0. The van der Waals surface area contributed by atoms with Crippen molar-refractivity contribution in [3.8, 4) is 29.3 Å². The van der Waals surface area contributed by atoms with Crippen LogP contribution in [-0.2, 0) is 12.8 Å². The molecule has 1 aliphatic carbocycles.